The van der Waals surface area contributed by atoms with Crippen LogP contribution in [-0.4, -0.2) is 29.0 Å². The maximum absolute atomic E-state index is 12.8. The van der Waals surface area contributed by atoms with Gasteiger partial charge in [-0.3, -0.25) is 9.59 Å². The van der Waals surface area contributed by atoms with Crippen molar-refractivity contribution in [2.24, 2.45) is 5.10 Å². The van der Waals surface area contributed by atoms with Crippen molar-refractivity contribution in [1.29, 1.82) is 0 Å². The number of benzene rings is 1. The van der Waals surface area contributed by atoms with Crippen LogP contribution in [0.15, 0.2) is 69.7 Å². The molecular formula is C21H18N2O4S. The standard InChI is InChI=1S/C21H18N2O4S/c1-14(24)15-6-8-16(9-7-15)27-13-21(25)23-18(19-4-2-10-26-19)12-17(22-23)20-5-3-11-28-20/h2-11,18H,12-13H2,1H3/t18-/m1/s1. The van der Waals surface area contributed by atoms with Crippen molar-refractivity contribution in [3.63, 3.8) is 0 Å². The summed E-state index contributed by atoms with van der Waals surface area (Å²) >= 11 is 1.59. The van der Waals surface area contributed by atoms with Crippen LogP contribution in [0.2, 0.25) is 0 Å². The number of rotatable bonds is 6. The van der Waals surface area contributed by atoms with E-state index in [0.717, 1.165) is 10.6 Å². The van der Waals surface area contributed by atoms with E-state index in [9.17, 15) is 9.59 Å². The van der Waals surface area contributed by atoms with E-state index < -0.39 is 0 Å². The molecule has 0 saturated heterocycles. The largest absolute Gasteiger partial charge is 0.484 e. The predicted octanol–water partition coefficient (Wildman–Crippen LogP) is 4.30. The van der Waals surface area contributed by atoms with Crippen LogP contribution in [0, 0.1) is 0 Å². The second-order valence-corrected chi connectivity index (χ2v) is 7.31. The van der Waals surface area contributed by atoms with Gasteiger partial charge in [-0.2, -0.15) is 5.10 Å². The molecule has 1 atom stereocenters. The van der Waals surface area contributed by atoms with Gasteiger partial charge < -0.3 is 9.15 Å². The fourth-order valence-electron chi connectivity index (χ4n) is 3.03. The zero-order valence-corrected chi connectivity index (χ0v) is 16.0. The van der Waals surface area contributed by atoms with Gasteiger partial charge in [0.1, 0.15) is 17.6 Å². The van der Waals surface area contributed by atoms with Crippen LogP contribution >= 0.6 is 11.3 Å². The molecule has 3 heterocycles. The molecule has 0 aliphatic carbocycles. The number of nitrogens with zero attached hydrogens (tertiary/aromatic N) is 2. The Bertz CT molecular complexity index is 992. The first-order chi connectivity index (χ1) is 13.6. The third-order valence-corrected chi connectivity index (χ3v) is 5.39. The molecule has 0 saturated carbocycles. The number of thiophene rings is 1. The second kappa shape index (κ2) is 7.82. The molecule has 1 amide bonds. The first kappa shape index (κ1) is 18.2. The SMILES string of the molecule is CC(=O)c1ccc(OCC(=O)N2N=C(c3cccs3)C[C@@H]2c2ccco2)cc1. The fourth-order valence-corrected chi connectivity index (χ4v) is 3.75. The van der Waals surface area contributed by atoms with Crippen molar-refractivity contribution >= 4 is 28.7 Å². The van der Waals surface area contributed by atoms with Gasteiger partial charge >= 0.3 is 0 Å². The monoisotopic (exact) mass is 394 g/mol. The zero-order chi connectivity index (χ0) is 19.5. The Labute approximate surface area is 166 Å². The molecule has 0 radical (unpaired) electrons. The van der Waals surface area contributed by atoms with Crippen molar-refractivity contribution < 1.29 is 18.7 Å². The number of amides is 1. The summed E-state index contributed by atoms with van der Waals surface area (Å²) in [6, 6.07) is 14.0. The van der Waals surface area contributed by atoms with Gasteiger partial charge in [0.2, 0.25) is 0 Å². The minimum absolute atomic E-state index is 0.0172. The van der Waals surface area contributed by atoms with E-state index in [0.29, 0.717) is 23.5 Å². The number of hydrazone groups is 1. The topological polar surface area (TPSA) is 72.1 Å². The average molecular weight is 394 g/mol. The van der Waals surface area contributed by atoms with E-state index in [1.807, 2.05) is 23.6 Å². The third-order valence-electron chi connectivity index (χ3n) is 4.47. The Kier molecular flexibility index (Phi) is 5.08. The average Bonchev–Trinajstić information content (AvgIpc) is 3.46. The van der Waals surface area contributed by atoms with E-state index in [-0.39, 0.29) is 24.3 Å². The number of furan rings is 1. The summed E-state index contributed by atoms with van der Waals surface area (Å²) < 4.78 is 11.1. The lowest BCUT2D eigenvalue weighted by atomic mass is 10.1. The molecule has 7 heteroatoms. The van der Waals surface area contributed by atoms with Gasteiger partial charge in [-0.15, -0.1) is 11.3 Å². The Morgan fingerprint density at radius 1 is 1.21 bits per heavy atom. The van der Waals surface area contributed by atoms with Crippen LogP contribution in [0.5, 0.6) is 5.75 Å². The summed E-state index contributed by atoms with van der Waals surface area (Å²) in [6.45, 7) is 1.35. The lowest BCUT2D eigenvalue weighted by molar-refractivity contribution is -0.135. The molecule has 4 rings (SSSR count). The lowest BCUT2D eigenvalue weighted by Crippen LogP contribution is -2.31. The smallest absolute Gasteiger partial charge is 0.281 e. The van der Waals surface area contributed by atoms with Crippen LogP contribution < -0.4 is 4.74 Å². The highest BCUT2D eigenvalue weighted by Gasteiger charge is 2.35. The second-order valence-electron chi connectivity index (χ2n) is 6.37. The molecule has 0 bridgehead atoms. The molecule has 0 N–H and O–H groups in total. The first-order valence-corrected chi connectivity index (χ1v) is 9.70. The molecule has 0 spiro atoms. The van der Waals surface area contributed by atoms with E-state index in [2.05, 4.69) is 5.10 Å². The maximum atomic E-state index is 12.8. The van der Waals surface area contributed by atoms with Crippen molar-refractivity contribution in [2.75, 3.05) is 6.61 Å². The van der Waals surface area contributed by atoms with Gasteiger partial charge in [0.25, 0.3) is 5.91 Å². The highest BCUT2D eigenvalue weighted by molar-refractivity contribution is 7.12. The molecule has 6 nitrogen and oxygen atoms in total. The van der Waals surface area contributed by atoms with E-state index in [1.165, 1.54) is 11.9 Å². The summed E-state index contributed by atoms with van der Waals surface area (Å²) in [7, 11) is 0. The third kappa shape index (κ3) is 3.75. The summed E-state index contributed by atoms with van der Waals surface area (Å²) in [5.74, 6) is 0.934. The number of carbonyl (C=O) groups excluding carboxylic acids is 2. The summed E-state index contributed by atoms with van der Waals surface area (Å²) in [6.07, 6.45) is 2.18. The van der Waals surface area contributed by atoms with Crippen LogP contribution in [0.1, 0.15) is 40.4 Å². The van der Waals surface area contributed by atoms with Gasteiger partial charge in [0, 0.05) is 12.0 Å². The van der Waals surface area contributed by atoms with E-state index in [4.69, 9.17) is 9.15 Å². The quantitative estimate of drug-likeness (QED) is 0.585. The molecule has 3 aromatic rings. The van der Waals surface area contributed by atoms with Crippen molar-refractivity contribution in [2.45, 2.75) is 19.4 Å². The highest BCUT2D eigenvalue weighted by atomic mass is 32.1. The highest BCUT2D eigenvalue weighted by Crippen LogP contribution is 2.34. The lowest BCUT2D eigenvalue weighted by Gasteiger charge is -2.20. The maximum Gasteiger partial charge on any atom is 0.281 e. The van der Waals surface area contributed by atoms with Crippen LogP contribution in [-0.2, 0) is 4.79 Å². The number of carbonyl (C=O) groups is 2. The number of ether oxygens (including phenoxy) is 1. The molecular weight excluding hydrogens is 376 g/mol. The van der Waals surface area contributed by atoms with E-state index >= 15 is 0 Å². The van der Waals surface area contributed by atoms with Gasteiger partial charge in [-0.25, -0.2) is 5.01 Å². The normalized spacial score (nSPS) is 16.1. The van der Waals surface area contributed by atoms with Gasteiger partial charge in [-0.1, -0.05) is 6.07 Å². The van der Waals surface area contributed by atoms with Crippen LogP contribution in [0.3, 0.4) is 0 Å². The predicted molar refractivity (Wildman–Crippen MR) is 106 cm³/mol. The van der Waals surface area contributed by atoms with Gasteiger partial charge in [0.15, 0.2) is 12.4 Å². The molecule has 2 aromatic heterocycles. The summed E-state index contributed by atoms with van der Waals surface area (Å²) in [5, 5.41) is 7.97. The van der Waals surface area contributed by atoms with Crippen molar-refractivity contribution in [3.8, 4) is 5.75 Å². The number of hydrogen-bond acceptors (Lipinski definition) is 6. The molecule has 1 aliphatic heterocycles. The molecule has 28 heavy (non-hydrogen) atoms. The molecule has 1 aromatic carbocycles. The number of ketones is 1. The molecule has 142 valence electrons. The van der Waals surface area contributed by atoms with E-state index in [1.54, 1.807) is 47.9 Å². The molecule has 0 fully saturated rings. The minimum atomic E-state index is -0.289. The first-order valence-electron chi connectivity index (χ1n) is 8.82. The Morgan fingerprint density at radius 2 is 2.04 bits per heavy atom. The Balaban J connectivity index is 1.49. The summed E-state index contributed by atoms with van der Waals surface area (Å²) in [5.41, 5.74) is 1.46. The van der Waals surface area contributed by atoms with Crippen molar-refractivity contribution in [1.82, 2.24) is 5.01 Å². The zero-order valence-electron chi connectivity index (χ0n) is 15.2. The molecule has 1 aliphatic rings. The van der Waals surface area contributed by atoms with Gasteiger partial charge in [0.05, 0.1) is 16.9 Å². The summed E-state index contributed by atoms with van der Waals surface area (Å²) in [4.78, 5) is 25.2. The molecule has 0 unspecified atom stereocenters. The minimum Gasteiger partial charge on any atom is -0.484 e. The van der Waals surface area contributed by atoms with Crippen LogP contribution in [0.25, 0.3) is 0 Å². The Morgan fingerprint density at radius 3 is 2.68 bits per heavy atom. The van der Waals surface area contributed by atoms with Crippen molar-refractivity contribution in [3.05, 3.63) is 76.4 Å². The number of Topliss-reactive ketones (excluding diaryl/α,β-unsaturated/α-hetero) is 1. The Hall–Kier alpha value is -3.19. The van der Waals surface area contributed by atoms with Crippen LogP contribution in [0.4, 0.5) is 0 Å². The fraction of sp³-hybridized carbons (Fsp3) is 0.190. The number of hydrogen-bond donors (Lipinski definition) is 0. The van der Waals surface area contributed by atoms with Gasteiger partial charge in [-0.05, 0) is 54.8 Å².